The molecule has 0 aromatic heterocycles. The number of ether oxygens (including phenoxy) is 1. The highest BCUT2D eigenvalue weighted by molar-refractivity contribution is 7.89. The van der Waals surface area contributed by atoms with E-state index in [2.05, 4.69) is 10.0 Å². The third-order valence-corrected chi connectivity index (χ3v) is 6.21. The molecule has 0 bridgehead atoms. The van der Waals surface area contributed by atoms with Crippen molar-refractivity contribution in [1.82, 2.24) is 4.72 Å². The van der Waals surface area contributed by atoms with Crippen LogP contribution in [-0.2, 0) is 21.2 Å². The molecular weight excluding hydrogens is 455 g/mol. The summed E-state index contributed by atoms with van der Waals surface area (Å²) in [7, 11) is -4.19. The average molecular weight is 477 g/mol. The molecule has 9 heteroatoms. The summed E-state index contributed by atoms with van der Waals surface area (Å²) in [6.07, 6.45) is 0.0752. The van der Waals surface area contributed by atoms with Crippen LogP contribution >= 0.6 is 11.6 Å². The summed E-state index contributed by atoms with van der Waals surface area (Å²) in [5.41, 5.74) is 0.954. The molecule has 2 N–H and O–H groups in total. The summed E-state index contributed by atoms with van der Waals surface area (Å²) in [6.45, 7) is 1.97. The maximum absolute atomic E-state index is 13.5. The Hall–Kier alpha value is -2.94. The summed E-state index contributed by atoms with van der Waals surface area (Å²) < 4.78 is 47.8. The second-order valence-electron chi connectivity index (χ2n) is 6.89. The van der Waals surface area contributed by atoms with Gasteiger partial charge < -0.3 is 10.1 Å². The van der Waals surface area contributed by atoms with Gasteiger partial charge in [0.05, 0.1) is 6.61 Å². The molecule has 1 atom stereocenters. The van der Waals surface area contributed by atoms with E-state index in [4.69, 9.17) is 16.3 Å². The predicted molar refractivity (Wildman–Crippen MR) is 122 cm³/mol. The molecule has 6 nitrogen and oxygen atoms in total. The number of rotatable bonds is 9. The topological polar surface area (TPSA) is 84.5 Å². The molecule has 3 aromatic carbocycles. The summed E-state index contributed by atoms with van der Waals surface area (Å²) in [6, 6.07) is 17.4. The fourth-order valence-corrected chi connectivity index (χ4v) is 4.65. The van der Waals surface area contributed by atoms with Crippen molar-refractivity contribution in [3.05, 3.63) is 89.2 Å². The minimum absolute atomic E-state index is 0.0752. The second kappa shape index (κ2) is 10.6. The molecule has 1 unspecified atom stereocenters. The summed E-state index contributed by atoms with van der Waals surface area (Å²) in [5, 5.41) is 2.77. The van der Waals surface area contributed by atoms with E-state index in [1.807, 2.05) is 6.07 Å². The monoisotopic (exact) mass is 476 g/mol. The van der Waals surface area contributed by atoms with E-state index in [1.54, 1.807) is 31.2 Å². The third-order valence-electron chi connectivity index (χ3n) is 4.48. The van der Waals surface area contributed by atoms with Gasteiger partial charge in [-0.1, -0.05) is 48.0 Å². The normalized spacial score (nSPS) is 12.2. The molecule has 0 aliphatic rings. The Morgan fingerprint density at radius 2 is 1.81 bits per heavy atom. The van der Waals surface area contributed by atoms with Crippen molar-refractivity contribution in [2.24, 2.45) is 0 Å². The van der Waals surface area contributed by atoms with Crippen molar-refractivity contribution >= 4 is 33.2 Å². The number of benzene rings is 3. The highest BCUT2D eigenvalue weighted by Gasteiger charge is 2.29. The molecule has 3 rings (SSSR count). The molecule has 0 radical (unpaired) electrons. The van der Waals surface area contributed by atoms with Gasteiger partial charge in [-0.2, -0.15) is 4.72 Å². The number of carbonyl (C=O) groups excluding carboxylic acids is 1. The first-order valence-corrected chi connectivity index (χ1v) is 11.7. The highest BCUT2D eigenvalue weighted by Crippen LogP contribution is 2.28. The molecule has 0 fully saturated rings. The molecule has 0 aliphatic carbocycles. The number of nitrogens with one attached hydrogen (secondary N) is 2. The number of carbonyl (C=O) groups is 1. The van der Waals surface area contributed by atoms with Crippen LogP contribution in [0.1, 0.15) is 12.5 Å². The smallest absolute Gasteiger partial charge is 0.245 e. The van der Waals surface area contributed by atoms with Crippen molar-refractivity contribution in [3.8, 4) is 5.75 Å². The Morgan fingerprint density at radius 3 is 2.50 bits per heavy atom. The van der Waals surface area contributed by atoms with Gasteiger partial charge in [-0.15, -0.1) is 0 Å². The zero-order valence-corrected chi connectivity index (χ0v) is 18.8. The zero-order valence-electron chi connectivity index (χ0n) is 17.2. The minimum Gasteiger partial charge on any atom is -0.492 e. The Morgan fingerprint density at radius 1 is 1.06 bits per heavy atom. The fourth-order valence-electron chi connectivity index (χ4n) is 3.05. The zero-order chi connectivity index (χ0) is 23.1. The van der Waals surface area contributed by atoms with Gasteiger partial charge in [0.1, 0.15) is 22.5 Å². The number of hydrogen-bond acceptors (Lipinski definition) is 4. The molecule has 0 spiro atoms. The molecule has 0 aliphatic heterocycles. The molecule has 0 saturated carbocycles. The first-order chi connectivity index (χ1) is 15.3. The maximum atomic E-state index is 13.5. The van der Waals surface area contributed by atoms with Gasteiger partial charge in [0.15, 0.2) is 0 Å². The van der Waals surface area contributed by atoms with Gasteiger partial charge >= 0.3 is 0 Å². The number of anilines is 1. The molecule has 0 saturated heterocycles. The van der Waals surface area contributed by atoms with Gasteiger partial charge in [0.25, 0.3) is 0 Å². The van der Waals surface area contributed by atoms with Gasteiger partial charge in [0, 0.05) is 10.7 Å². The number of hydrogen-bond donors (Lipinski definition) is 2. The lowest BCUT2D eigenvalue weighted by molar-refractivity contribution is -0.117. The fraction of sp³-hybridized carbons (Fsp3) is 0.174. The predicted octanol–water partition coefficient (Wildman–Crippen LogP) is 4.41. The van der Waals surface area contributed by atoms with E-state index in [1.165, 1.54) is 36.4 Å². The van der Waals surface area contributed by atoms with Crippen LogP contribution in [0.2, 0.25) is 5.02 Å². The summed E-state index contributed by atoms with van der Waals surface area (Å²) >= 11 is 6.01. The SMILES string of the molecule is CCOc1ccc(Cl)cc1S(=O)(=O)NC(Cc1ccccc1)C(=O)Nc1cccc(F)c1. The molecule has 1 amide bonds. The van der Waals surface area contributed by atoms with Gasteiger partial charge in [0.2, 0.25) is 15.9 Å². The van der Waals surface area contributed by atoms with E-state index in [-0.39, 0.29) is 34.4 Å². The van der Waals surface area contributed by atoms with Gasteiger partial charge in [-0.25, -0.2) is 12.8 Å². The van der Waals surface area contributed by atoms with E-state index >= 15 is 0 Å². The van der Waals surface area contributed by atoms with Crippen molar-refractivity contribution in [2.75, 3.05) is 11.9 Å². The van der Waals surface area contributed by atoms with Crippen LogP contribution < -0.4 is 14.8 Å². The first-order valence-electron chi connectivity index (χ1n) is 9.83. The maximum Gasteiger partial charge on any atom is 0.245 e. The Kier molecular flexibility index (Phi) is 7.84. The van der Waals surface area contributed by atoms with E-state index < -0.39 is 27.8 Å². The standard InChI is InChI=1S/C23H22ClFN2O4S/c1-2-31-21-12-11-17(24)14-22(21)32(29,30)27-20(13-16-7-4-3-5-8-16)23(28)26-19-10-6-9-18(25)15-19/h3-12,14-15,20,27H,2,13H2,1H3,(H,26,28). The minimum atomic E-state index is -4.19. The lowest BCUT2D eigenvalue weighted by Gasteiger charge is -2.20. The largest absolute Gasteiger partial charge is 0.492 e. The number of halogens is 2. The number of amides is 1. The molecular formula is C23H22ClFN2O4S. The molecule has 32 heavy (non-hydrogen) atoms. The van der Waals surface area contributed by atoms with Crippen molar-refractivity contribution in [1.29, 1.82) is 0 Å². The molecule has 168 valence electrons. The Balaban J connectivity index is 1.92. The van der Waals surface area contributed by atoms with Crippen LogP contribution in [0.25, 0.3) is 0 Å². The quantitative estimate of drug-likeness (QED) is 0.479. The third kappa shape index (κ3) is 6.29. The Bertz CT molecular complexity index is 1190. The van der Waals surface area contributed by atoms with E-state index in [9.17, 15) is 17.6 Å². The lowest BCUT2D eigenvalue weighted by atomic mass is 10.1. The van der Waals surface area contributed by atoms with Gasteiger partial charge in [-0.05, 0) is 55.3 Å². The van der Waals surface area contributed by atoms with Crippen LogP contribution in [0.5, 0.6) is 5.75 Å². The second-order valence-corrected chi connectivity index (χ2v) is 9.01. The first kappa shape index (κ1) is 23.7. The Labute approximate surface area is 191 Å². The van der Waals surface area contributed by atoms with Crippen LogP contribution in [0, 0.1) is 5.82 Å². The average Bonchev–Trinajstić information content (AvgIpc) is 2.75. The van der Waals surface area contributed by atoms with Crippen molar-refractivity contribution < 1.29 is 22.3 Å². The van der Waals surface area contributed by atoms with E-state index in [0.29, 0.717) is 0 Å². The summed E-state index contributed by atoms with van der Waals surface area (Å²) in [5.74, 6) is -1.04. The summed E-state index contributed by atoms with van der Waals surface area (Å²) in [4.78, 5) is 12.8. The van der Waals surface area contributed by atoms with Crippen molar-refractivity contribution in [2.45, 2.75) is 24.3 Å². The molecule has 3 aromatic rings. The van der Waals surface area contributed by atoms with E-state index in [0.717, 1.165) is 11.6 Å². The van der Waals surface area contributed by atoms with Crippen LogP contribution in [0.3, 0.4) is 0 Å². The van der Waals surface area contributed by atoms with Crippen molar-refractivity contribution in [3.63, 3.8) is 0 Å². The lowest BCUT2D eigenvalue weighted by Crippen LogP contribution is -2.45. The van der Waals surface area contributed by atoms with Crippen LogP contribution in [0.4, 0.5) is 10.1 Å². The van der Waals surface area contributed by atoms with Crippen LogP contribution in [0.15, 0.2) is 77.7 Å². The number of sulfonamides is 1. The molecule has 0 heterocycles. The van der Waals surface area contributed by atoms with Gasteiger partial charge in [-0.3, -0.25) is 4.79 Å². The van der Waals surface area contributed by atoms with Crippen LogP contribution in [-0.4, -0.2) is 27.0 Å². The highest BCUT2D eigenvalue weighted by atomic mass is 35.5.